The van der Waals surface area contributed by atoms with E-state index in [-0.39, 0.29) is 11.4 Å². The Hall–Kier alpha value is -2.71. The van der Waals surface area contributed by atoms with Crippen LogP contribution in [0.2, 0.25) is 0 Å². The lowest BCUT2D eigenvalue weighted by molar-refractivity contribution is -0.150. The van der Waals surface area contributed by atoms with Crippen LogP contribution >= 0.6 is 0 Å². The van der Waals surface area contributed by atoms with Crippen molar-refractivity contribution in [3.8, 4) is 0 Å². The summed E-state index contributed by atoms with van der Waals surface area (Å²) in [5.74, 6) is -1.14. The van der Waals surface area contributed by atoms with Crippen molar-refractivity contribution in [3.05, 3.63) is 59.2 Å². The highest BCUT2D eigenvalue weighted by Gasteiger charge is 2.40. The van der Waals surface area contributed by atoms with E-state index in [1.54, 1.807) is 12.1 Å². The summed E-state index contributed by atoms with van der Waals surface area (Å²) in [5.41, 5.74) is 4.16. The van der Waals surface area contributed by atoms with Crippen LogP contribution in [0.15, 0.2) is 47.4 Å². The Morgan fingerprint density at radius 2 is 1.81 bits per heavy atom. The van der Waals surface area contributed by atoms with Crippen LogP contribution in [-0.2, 0) is 37.2 Å². The van der Waals surface area contributed by atoms with Gasteiger partial charge in [0.05, 0.1) is 4.90 Å². The van der Waals surface area contributed by atoms with Crippen LogP contribution in [0, 0.1) is 6.92 Å². The minimum absolute atomic E-state index is 0.146. The van der Waals surface area contributed by atoms with E-state index in [1.807, 2.05) is 25.1 Å². The van der Waals surface area contributed by atoms with Gasteiger partial charge in [-0.25, -0.2) is 8.42 Å². The third-order valence-corrected chi connectivity index (χ3v) is 7.75. The molecule has 2 aromatic rings. The van der Waals surface area contributed by atoms with E-state index in [9.17, 15) is 18.0 Å². The molecule has 0 bridgehead atoms. The zero-order valence-electron chi connectivity index (χ0n) is 17.5. The average molecular weight is 443 g/mol. The molecule has 0 unspecified atom stereocenters. The molecule has 2 aromatic carbocycles. The molecule has 1 amide bonds. The number of ether oxygens (including phenoxy) is 1. The van der Waals surface area contributed by atoms with Gasteiger partial charge in [0, 0.05) is 12.2 Å². The van der Waals surface area contributed by atoms with Crippen LogP contribution < -0.4 is 5.32 Å². The van der Waals surface area contributed by atoms with Crippen LogP contribution in [0.4, 0.5) is 5.69 Å². The topological polar surface area (TPSA) is 92.8 Å². The predicted octanol–water partition coefficient (Wildman–Crippen LogP) is 2.82. The molecule has 1 heterocycles. The molecule has 2 aliphatic rings. The van der Waals surface area contributed by atoms with E-state index in [0.717, 1.165) is 24.8 Å². The molecule has 1 fully saturated rings. The molecule has 0 spiro atoms. The van der Waals surface area contributed by atoms with Crippen molar-refractivity contribution in [2.75, 3.05) is 18.5 Å². The number of fused-ring (bicyclic) bond motifs is 1. The van der Waals surface area contributed by atoms with Gasteiger partial charge in [-0.05, 0) is 74.4 Å². The molecule has 1 atom stereocenters. The maximum absolute atomic E-state index is 13.0. The van der Waals surface area contributed by atoms with E-state index in [1.165, 1.54) is 27.6 Å². The van der Waals surface area contributed by atoms with Crippen molar-refractivity contribution in [3.63, 3.8) is 0 Å². The fraction of sp³-hybridized carbons (Fsp3) is 0.391. The first-order chi connectivity index (χ1) is 14.8. The van der Waals surface area contributed by atoms with Gasteiger partial charge in [-0.1, -0.05) is 23.8 Å². The monoisotopic (exact) mass is 442 g/mol. The van der Waals surface area contributed by atoms with Gasteiger partial charge in [-0.15, -0.1) is 0 Å². The lowest BCUT2D eigenvalue weighted by atomic mass is 10.1. The Morgan fingerprint density at radius 1 is 1.06 bits per heavy atom. The summed E-state index contributed by atoms with van der Waals surface area (Å²) in [6.07, 6.45) is 4.11. The van der Waals surface area contributed by atoms with Gasteiger partial charge in [0.15, 0.2) is 6.61 Å². The van der Waals surface area contributed by atoms with Crippen molar-refractivity contribution in [2.24, 2.45) is 0 Å². The number of esters is 1. The highest BCUT2D eigenvalue weighted by Crippen LogP contribution is 2.27. The molecule has 8 heteroatoms. The first-order valence-corrected chi connectivity index (χ1v) is 12.0. The molecule has 4 rings (SSSR count). The SMILES string of the molecule is Cc1ccc(S(=O)(=O)N2CCC[C@H]2C(=O)OCC(=O)Nc2ccc3c(c2)CCC3)cc1. The number of hydrogen-bond donors (Lipinski definition) is 1. The molecular weight excluding hydrogens is 416 g/mol. The Bertz CT molecular complexity index is 1100. The van der Waals surface area contributed by atoms with Gasteiger partial charge in [0.25, 0.3) is 5.91 Å². The van der Waals surface area contributed by atoms with Crippen LogP contribution in [0.3, 0.4) is 0 Å². The lowest BCUT2D eigenvalue weighted by Gasteiger charge is -2.22. The average Bonchev–Trinajstić information content (AvgIpc) is 3.42. The summed E-state index contributed by atoms with van der Waals surface area (Å²) in [6, 6.07) is 11.4. The van der Waals surface area contributed by atoms with Crippen LogP contribution in [-0.4, -0.2) is 43.8 Å². The quantitative estimate of drug-likeness (QED) is 0.695. The number of anilines is 1. The minimum Gasteiger partial charge on any atom is -0.454 e. The highest BCUT2D eigenvalue weighted by atomic mass is 32.2. The molecule has 1 saturated heterocycles. The summed E-state index contributed by atoms with van der Waals surface area (Å²) >= 11 is 0. The number of carbonyl (C=O) groups is 2. The van der Waals surface area contributed by atoms with E-state index in [2.05, 4.69) is 5.32 Å². The van der Waals surface area contributed by atoms with Crippen molar-refractivity contribution < 1.29 is 22.7 Å². The molecular formula is C23H26N2O5S. The molecule has 1 aliphatic heterocycles. The largest absolute Gasteiger partial charge is 0.454 e. The zero-order valence-corrected chi connectivity index (χ0v) is 18.3. The number of amides is 1. The highest BCUT2D eigenvalue weighted by molar-refractivity contribution is 7.89. The van der Waals surface area contributed by atoms with E-state index in [4.69, 9.17) is 4.74 Å². The Kier molecular flexibility index (Phi) is 6.11. The fourth-order valence-corrected chi connectivity index (χ4v) is 5.84. The van der Waals surface area contributed by atoms with Gasteiger partial charge < -0.3 is 10.1 Å². The number of nitrogens with one attached hydrogen (secondary N) is 1. The second kappa shape index (κ2) is 8.80. The maximum atomic E-state index is 13.0. The summed E-state index contributed by atoms with van der Waals surface area (Å²) < 4.78 is 32.3. The number of nitrogens with zero attached hydrogens (tertiary/aromatic N) is 1. The molecule has 0 aromatic heterocycles. The minimum atomic E-state index is -3.81. The van der Waals surface area contributed by atoms with E-state index >= 15 is 0 Å². The van der Waals surface area contributed by atoms with Gasteiger partial charge in [0.1, 0.15) is 6.04 Å². The molecule has 0 saturated carbocycles. The summed E-state index contributed by atoms with van der Waals surface area (Å²) in [6.45, 7) is 1.67. The Balaban J connectivity index is 1.36. The third kappa shape index (κ3) is 4.65. The standard InChI is InChI=1S/C23H26N2O5S/c1-16-7-11-20(12-8-16)31(28,29)25-13-3-6-21(25)23(27)30-15-22(26)24-19-10-9-17-4-2-5-18(17)14-19/h7-12,14,21H,2-6,13,15H2,1H3,(H,24,26)/t21-/m0/s1. The predicted molar refractivity (Wildman–Crippen MR) is 116 cm³/mol. The van der Waals surface area contributed by atoms with Gasteiger partial charge in [-0.2, -0.15) is 4.31 Å². The van der Waals surface area contributed by atoms with Gasteiger partial charge in [-0.3, -0.25) is 9.59 Å². The lowest BCUT2D eigenvalue weighted by Crippen LogP contribution is -2.42. The van der Waals surface area contributed by atoms with E-state index < -0.39 is 34.5 Å². The van der Waals surface area contributed by atoms with Crippen molar-refractivity contribution in [1.29, 1.82) is 0 Å². The summed E-state index contributed by atoms with van der Waals surface area (Å²) in [4.78, 5) is 25.0. The second-order valence-corrected chi connectivity index (χ2v) is 9.97. The smallest absolute Gasteiger partial charge is 0.324 e. The van der Waals surface area contributed by atoms with E-state index in [0.29, 0.717) is 18.5 Å². The Morgan fingerprint density at radius 3 is 2.58 bits per heavy atom. The summed E-state index contributed by atoms with van der Waals surface area (Å²) in [7, 11) is -3.81. The first kappa shape index (κ1) is 21.5. The normalized spacial score (nSPS) is 18.5. The number of carbonyl (C=O) groups excluding carboxylic acids is 2. The zero-order chi connectivity index (χ0) is 22.0. The van der Waals surface area contributed by atoms with Crippen LogP contribution in [0.25, 0.3) is 0 Å². The third-order valence-electron chi connectivity index (χ3n) is 5.83. The molecule has 0 radical (unpaired) electrons. The van der Waals surface area contributed by atoms with Crippen LogP contribution in [0.5, 0.6) is 0 Å². The number of rotatable bonds is 6. The molecule has 1 aliphatic carbocycles. The fourth-order valence-electron chi connectivity index (χ4n) is 4.19. The molecule has 1 N–H and O–H groups in total. The number of hydrogen-bond acceptors (Lipinski definition) is 5. The van der Waals surface area contributed by atoms with Crippen LogP contribution in [0.1, 0.15) is 36.0 Å². The number of benzene rings is 2. The number of sulfonamides is 1. The van der Waals surface area contributed by atoms with Gasteiger partial charge >= 0.3 is 5.97 Å². The summed E-state index contributed by atoms with van der Waals surface area (Å²) in [5, 5.41) is 2.74. The maximum Gasteiger partial charge on any atom is 0.324 e. The number of aryl methyl sites for hydroxylation is 3. The van der Waals surface area contributed by atoms with Crippen molar-refractivity contribution in [2.45, 2.75) is 50.0 Å². The molecule has 164 valence electrons. The van der Waals surface area contributed by atoms with Gasteiger partial charge in [0.2, 0.25) is 10.0 Å². The second-order valence-electron chi connectivity index (χ2n) is 8.08. The first-order valence-electron chi connectivity index (χ1n) is 10.5. The Labute approximate surface area is 182 Å². The van der Waals surface area contributed by atoms with Crippen molar-refractivity contribution >= 4 is 27.6 Å². The van der Waals surface area contributed by atoms with Crippen molar-refractivity contribution in [1.82, 2.24) is 4.31 Å². The molecule has 7 nitrogen and oxygen atoms in total. The molecule has 31 heavy (non-hydrogen) atoms.